The third-order valence-corrected chi connectivity index (χ3v) is 4.16. The average molecular weight is 354 g/mol. The summed E-state index contributed by atoms with van der Waals surface area (Å²) in [5.41, 5.74) is 2.41. The van der Waals surface area contributed by atoms with Crippen LogP contribution in [0.5, 0.6) is 0 Å². The van der Waals surface area contributed by atoms with Crippen molar-refractivity contribution >= 4 is 27.5 Å². The van der Waals surface area contributed by atoms with Crippen LogP contribution < -0.4 is 15.5 Å². The molecule has 0 aliphatic carbocycles. The second kappa shape index (κ2) is 6.36. The van der Waals surface area contributed by atoms with Crippen molar-refractivity contribution in [1.82, 2.24) is 10.6 Å². The zero-order valence-electron chi connectivity index (χ0n) is 13.2. The van der Waals surface area contributed by atoms with Gasteiger partial charge in [0.1, 0.15) is 6.04 Å². The topological polar surface area (TPSA) is 44.4 Å². The second-order valence-corrected chi connectivity index (χ2v) is 7.45. The van der Waals surface area contributed by atoms with E-state index in [1.165, 1.54) is 5.56 Å². The van der Waals surface area contributed by atoms with Crippen molar-refractivity contribution < 1.29 is 4.79 Å². The van der Waals surface area contributed by atoms with E-state index in [-0.39, 0.29) is 17.5 Å². The molecule has 0 spiro atoms. The van der Waals surface area contributed by atoms with Crippen molar-refractivity contribution in [2.45, 2.75) is 45.8 Å². The highest BCUT2D eigenvalue weighted by Crippen LogP contribution is 2.28. The van der Waals surface area contributed by atoms with E-state index < -0.39 is 0 Å². The fraction of sp³-hybridized carbons (Fsp3) is 0.562. The summed E-state index contributed by atoms with van der Waals surface area (Å²) in [5, 5.41) is 6.43. The molecule has 2 N–H and O–H groups in total. The molecule has 2 rings (SSSR count). The van der Waals surface area contributed by atoms with Crippen LogP contribution >= 0.6 is 15.9 Å². The SMILES string of the molecule is CC1C(=O)NCCN1c1cc(Br)ccc1CNC(C)(C)C. The summed E-state index contributed by atoms with van der Waals surface area (Å²) in [6.07, 6.45) is 0. The molecule has 1 fully saturated rings. The summed E-state index contributed by atoms with van der Waals surface area (Å²) in [4.78, 5) is 14.1. The molecule has 1 aliphatic heterocycles. The zero-order valence-corrected chi connectivity index (χ0v) is 14.8. The van der Waals surface area contributed by atoms with E-state index >= 15 is 0 Å². The van der Waals surface area contributed by atoms with Crippen LogP contribution in [-0.2, 0) is 11.3 Å². The molecule has 4 nitrogen and oxygen atoms in total. The first-order valence-electron chi connectivity index (χ1n) is 7.36. The molecule has 1 atom stereocenters. The lowest BCUT2D eigenvalue weighted by Crippen LogP contribution is -2.54. The number of nitrogens with one attached hydrogen (secondary N) is 2. The third kappa shape index (κ3) is 4.20. The molecule has 5 heteroatoms. The quantitative estimate of drug-likeness (QED) is 0.877. The van der Waals surface area contributed by atoms with Crippen molar-refractivity contribution in [3.8, 4) is 0 Å². The molecule has 1 saturated heterocycles. The van der Waals surface area contributed by atoms with Crippen LogP contribution in [0.3, 0.4) is 0 Å². The van der Waals surface area contributed by atoms with E-state index in [1.54, 1.807) is 0 Å². The Kier molecular flexibility index (Phi) is 4.94. The highest BCUT2D eigenvalue weighted by atomic mass is 79.9. The number of benzene rings is 1. The maximum atomic E-state index is 11.9. The molecule has 0 aromatic heterocycles. The van der Waals surface area contributed by atoms with Crippen LogP contribution in [0.2, 0.25) is 0 Å². The Morgan fingerprint density at radius 1 is 1.43 bits per heavy atom. The van der Waals surface area contributed by atoms with Gasteiger partial charge in [0.15, 0.2) is 0 Å². The summed E-state index contributed by atoms with van der Waals surface area (Å²) in [7, 11) is 0. The van der Waals surface area contributed by atoms with Crippen molar-refractivity contribution in [2.75, 3.05) is 18.0 Å². The number of hydrogen-bond donors (Lipinski definition) is 2. The predicted molar refractivity (Wildman–Crippen MR) is 90.6 cm³/mol. The molecule has 1 aromatic carbocycles. The first kappa shape index (κ1) is 16.3. The van der Waals surface area contributed by atoms with E-state index in [9.17, 15) is 4.79 Å². The molecule has 0 saturated carbocycles. The third-order valence-electron chi connectivity index (χ3n) is 3.66. The van der Waals surface area contributed by atoms with Gasteiger partial charge in [0.2, 0.25) is 5.91 Å². The number of piperazine rings is 1. The van der Waals surface area contributed by atoms with Gasteiger partial charge in [0.05, 0.1) is 0 Å². The van der Waals surface area contributed by atoms with Crippen molar-refractivity contribution in [1.29, 1.82) is 0 Å². The summed E-state index contributed by atoms with van der Waals surface area (Å²) in [6.45, 7) is 10.7. The molecule has 0 bridgehead atoms. The van der Waals surface area contributed by atoms with Crippen LogP contribution in [0.1, 0.15) is 33.3 Å². The van der Waals surface area contributed by atoms with E-state index in [4.69, 9.17) is 0 Å². The Balaban J connectivity index is 2.28. The number of carbonyl (C=O) groups is 1. The fourth-order valence-corrected chi connectivity index (χ4v) is 2.77. The lowest BCUT2D eigenvalue weighted by atomic mass is 10.1. The number of hydrogen-bond acceptors (Lipinski definition) is 3. The van der Waals surface area contributed by atoms with Crippen molar-refractivity contribution in [3.05, 3.63) is 28.2 Å². The maximum absolute atomic E-state index is 11.9. The maximum Gasteiger partial charge on any atom is 0.242 e. The molecule has 1 aromatic rings. The molecule has 1 heterocycles. The summed E-state index contributed by atoms with van der Waals surface area (Å²) >= 11 is 3.54. The zero-order chi connectivity index (χ0) is 15.6. The van der Waals surface area contributed by atoms with Gasteiger partial charge in [-0.2, -0.15) is 0 Å². The molecular formula is C16H24BrN3O. The summed E-state index contributed by atoms with van der Waals surface area (Å²) in [6, 6.07) is 6.14. The Morgan fingerprint density at radius 3 is 2.81 bits per heavy atom. The van der Waals surface area contributed by atoms with Gasteiger partial charge >= 0.3 is 0 Å². The number of halogens is 1. The summed E-state index contributed by atoms with van der Waals surface area (Å²) < 4.78 is 1.04. The average Bonchev–Trinajstić information content (AvgIpc) is 2.39. The minimum atomic E-state index is -0.138. The van der Waals surface area contributed by atoms with Crippen molar-refractivity contribution in [2.24, 2.45) is 0 Å². The van der Waals surface area contributed by atoms with Gasteiger partial charge in [-0.3, -0.25) is 4.79 Å². The van der Waals surface area contributed by atoms with Gasteiger partial charge in [-0.05, 0) is 45.4 Å². The van der Waals surface area contributed by atoms with Gasteiger partial charge in [-0.25, -0.2) is 0 Å². The van der Waals surface area contributed by atoms with Crippen molar-refractivity contribution in [3.63, 3.8) is 0 Å². The second-order valence-electron chi connectivity index (χ2n) is 6.54. The number of rotatable bonds is 3. The van der Waals surface area contributed by atoms with Gasteiger partial charge in [-0.15, -0.1) is 0 Å². The Hall–Kier alpha value is -1.07. The number of carbonyl (C=O) groups excluding carboxylic acids is 1. The number of nitrogens with zero attached hydrogens (tertiary/aromatic N) is 1. The molecular weight excluding hydrogens is 330 g/mol. The van der Waals surface area contributed by atoms with E-state index in [0.717, 1.165) is 23.2 Å². The molecule has 1 unspecified atom stereocenters. The van der Waals surface area contributed by atoms with Gasteiger partial charge in [-0.1, -0.05) is 22.0 Å². The minimum absolute atomic E-state index is 0.0647. The van der Waals surface area contributed by atoms with Gasteiger partial charge in [0.25, 0.3) is 0 Å². The fourth-order valence-electron chi connectivity index (χ4n) is 2.43. The van der Waals surface area contributed by atoms with E-state index in [2.05, 4.69) is 70.4 Å². The largest absolute Gasteiger partial charge is 0.358 e. The van der Waals surface area contributed by atoms with E-state index in [1.807, 2.05) is 6.92 Å². The molecule has 1 aliphatic rings. The van der Waals surface area contributed by atoms with E-state index in [0.29, 0.717) is 6.54 Å². The Bertz CT molecular complexity index is 525. The first-order valence-corrected chi connectivity index (χ1v) is 8.15. The Morgan fingerprint density at radius 2 is 2.14 bits per heavy atom. The number of amides is 1. The van der Waals surface area contributed by atoms with Crippen LogP contribution in [0.25, 0.3) is 0 Å². The van der Waals surface area contributed by atoms with Crippen LogP contribution in [0, 0.1) is 0 Å². The smallest absolute Gasteiger partial charge is 0.242 e. The van der Waals surface area contributed by atoms with Crippen LogP contribution in [0.15, 0.2) is 22.7 Å². The molecule has 21 heavy (non-hydrogen) atoms. The number of anilines is 1. The van der Waals surface area contributed by atoms with Crippen LogP contribution in [-0.4, -0.2) is 30.6 Å². The summed E-state index contributed by atoms with van der Waals surface area (Å²) in [5.74, 6) is 0.0935. The first-order chi connectivity index (χ1) is 9.78. The molecule has 116 valence electrons. The highest BCUT2D eigenvalue weighted by Gasteiger charge is 2.27. The monoisotopic (exact) mass is 353 g/mol. The molecule has 1 amide bonds. The van der Waals surface area contributed by atoms with Gasteiger partial charge in [0, 0.05) is 35.3 Å². The highest BCUT2D eigenvalue weighted by molar-refractivity contribution is 9.10. The Labute approximate surface area is 135 Å². The lowest BCUT2D eigenvalue weighted by Gasteiger charge is -2.36. The van der Waals surface area contributed by atoms with Gasteiger partial charge < -0.3 is 15.5 Å². The predicted octanol–water partition coefficient (Wildman–Crippen LogP) is 2.66. The standard InChI is InChI=1S/C16H24BrN3O/c1-11-15(21)18-7-8-20(11)14-9-13(17)6-5-12(14)10-19-16(2,3)4/h5-6,9,11,19H,7-8,10H2,1-4H3,(H,18,21). The van der Waals surface area contributed by atoms with Crippen LogP contribution in [0.4, 0.5) is 5.69 Å². The molecule has 0 radical (unpaired) electrons. The lowest BCUT2D eigenvalue weighted by molar-refractivity contribution is -0.122. The normalized spacial score (nSPS) is 19.6. The minimum Gasteiger partial charge on any atom is -0.358 e.